The summed E-state index contributed by atoms with van der Waals surface area (Å²) in [5, 5.41) is 2.09. The molecule has 1 amide bonds. The van der Waals surface area contributed by atoms with Crippen LogP contribution < -0.4 is 5.32 Å². The predicted octanol–water partition coefficient (Wildman–Crippen LogP) is 2.80. The van der Waals surface area contributed by atoms with E-state index in [4.69, 9.17) is 0 Å². The summed E-state index contributed by atoms with van der Waals surface area (Å²) in [6.07, 6.45) is -5.42. The van der Waals surface area contributed by atoms with Crippen molar-refractivity contribution in [3.05, 3.63) is 29.6 Å². The van der Waals surface area contributed by atoms with Crippen LogP contribution in [0, 0.1) is 5.82 Å². The molecule has 0 aromatic heterocycles. The number of alkyl halides is 3. The van der Waals surface area contributed by atoms with Gasteiger partial charge in [-0.1, -0.05) is 0 Å². The lowest BCUT2D eigenvalue weighted by Gasteiger charge is -2.08. The summed E-state index contributed by atoms with van der Waals surface area (Å²) >= 11 is 3.76. The first-order valence-corrected chi connectivity index (χ1v) is 5.08. The minimum atomic E-state index is -4.31. The second-order valence-corrected chi connectivity index (χ2v) is 3.77. The molecule has 0 unspecified atom stereocenters. The molecule has 1 rings (SSSR count). The lowest BCUT2D eigenvalue weighted by atomic mass is 10.2. The van der Waals surface area contributed by atoms with Gasteiger partial charge in [-0.15, -0.1) is 12.6 Å². The first-order chi connectivity index (χ1) is 7.79. The van der Waals surface area contributed by atoms with Gasteiger partial charge in [0.1, 0.15) is 5.82 Å². The Morgan fingerprint density at radius 3 is 2.53 bits per heavy atom. The van der Waals surface area contributed by atoms with Gasteiger partial charge in [0.2, 0.25) is 0 Å². The topological polar surface area (TPSA) is 29.1 Å². The van der Waals surface area contributed by atoms with Crippen LogP contribution in [0.1, 0.15) is 16.8 Å². The molecule has 1 aromatic carbocycles. The summed E-state index contributed by atoms with van der Waals surface area (Å²) < 4.78 is 48.3. The molecule has 1 aromatic rings. The number of nitrogens with one attached hydrogen (secondary N) is 1. The molecular weight excluding hydrogens is 258 g/mol. The molecule has 0 saturated carbocycles. The van der Waals surface area contributed by atoms with Crippen molar-refractivity contribution in [2.75, 3.05) is 6.54 Å². The molecule has 0 spiro atoms. The Bertz CT molecular complexity index is 419. The summed E-state index contributed by atoms with van der Waals surface area (Å²) in [6, 6.07) is 3.36. The molecule has 0 fully saturated rings. The van der Waals surface area contributed by atoms with E-state index in [0.29, 0.717) is 0 Å². The molecule has 2 nitrogen and oxygen atoms in total. The molecule has 7 heteroatoms. The fourth-order valence-electron chi connectivity index (χ4n) is 1.07. The Hall–Kier alpha value is -1.24. The SMILES string of the molecule is O=C(NCCC(F)(F)F)c1ccc(F)c(S)c1. The normalized spacial score (nSPS) is 11.4. The van der Waals surface area contributed by atoms with Crippen LogP contribution in [0.5, 0.6) is 0 Å². The smallest absolute Gasteiger partial charge is 0.352 e. The number of hydrogen-bond donors (Lipinski definition) is 2. The highest BCUT2D eigenvalue weighted by molar-refractivity contribution is 7.80. The molecule has 0 aliphatic rings. The Kier molecular flexibility index (Phi) is 4.39. The molecule has 0 saturated heterocycles. The number of hydrogen-bond acceptors (Lipinski definition) is 2. The minimum absolute atomic E-state index is 0.0338. The summed E-state index contributed by atoms with van der Waals surface area (Å²) in [5.41, 5.74) is 0.0681. The Morgan fingerprint density at radius 1 is 1.35 bits per heavy atom. The Morgan fingerprint density at radius 2 is 2.00 bits per heavy atom. The van der Waals surface area contributed by atoms with Gasteiger partial charge in [0.25, 0.3) is 5.91 Å². The maximum atomic E-state index is 12.8. The number of benzene rings is 1. The zero-order valence-corrected chi connectivity index (χ0v) is 9.41. The van der Waals surface area contributed by atoms with Crippen LogP contribution in [-0.4, -0.2) is 18.6 Å². The third kappa shape index (κ3) is 4.64. The first kappa shape index (κ1) is 13.8. The molecule has 1 N–H and O–H groups in total. The van der Waals surface area contributed by atoms with Crippen LogP contribution in [0.2, 0.25) is 0 Å². The standard InChI is InChI=1S/C10H9F4NOS/c11-7-2-1-6(5-8(7)17)9(16)15-4-3-10(12,13)14/h1-2,5,17H,3-4H2,(H,15,16). The van der Waals surface area contributed by atoms with Crippen molar-refractivity contribution in [3.8, 4) is 0 Å². The summed E-state index contributed by atoms with van der Waals surface area (Å²) in [6.45, 7) is -0.512. The summed E-state index contributed by atoms with van der Waals surface area (Å²) in [4.78, 5) is 11.3. The monoisotopic (exact) mass is 267 g/mol. The van der Waals surface area contributed by atoms with E-state index in [-0.39, 0.29) is 10.5 Å². The highest BCUT2D eigenvalue weighted by Gasteiger charge is 2.26. The molecule has 94 valence electrons. The summed E-state index contributed by atoms with van der Waals surface area (Å²) in [5.74, 6) is -1.29. The van der Waals surface area contributed by atoms with Crippen molar-refractivity contribution in [2.45, 2.75) is 17.5 Å². The maximum absolute atomic E-state index is 12.8. The number of halogens is 4. The third-order valence-corrected chi connectivity index (χ3v) is 2.25. The van der Waals surface area contributed by atoms with E-state index in [1.54, 1.807) is 0 Å². The van der Waals surface area contributed by atoms with Crippen LogP contribution in [0.25, 0.3) is 0 Å². The number of thiol groups is 1. The highest BCUT2D eigenvalue weighted by Crippen LogP contribution is 2.18. The van der Waals surface area contributed by atoms with Gasteiger partial charge in [-0.3, -0.25) is 4.79 Å². The second-order valence-electron chi connectivity index (χ2n) is 3.29. The van der Waals surface area contributed by atoms with Crippen LogP contribution in [0.4, 0.5) is 17.6 Å². The molecule has 0 atom stereocenters. The van der Waals surface area contributed by atoms with Gasteiger partial charge in [-0.25, -0.2) is 4.39 Å². The molecule has 0 aliphatic heterocycles. The van der Waals surface area contributed by atoms with Gasteiger partial charge in [0.15, 0.2) is 0 Å². The van der Waals surface area contributed by atoms with Gasteiger partial charge in [-0.2, -0.15) is 13.2 Å². The van der Waals surface area contributed by atoms with Crippen LogP contribution in [-0.2, 0) is 0 Å². The minimum Gasteiger partial charge on any atom is -0.352 e. The van der Waals surface area contributed by atoms with Crippen LogP contribution >= 0.6 is 12.6 Å². The average Bonchev–Trinajstić information content (AvgIpc) is 2.20. The molecule has 0 aliphatic carbocycles. The number of carbonyl (C=O) groups excluding carboxylic acids is 1. The average molecular weight is 267 g/mol. The summed E-state index contributed by atoms with van der Waals surface area (Å²) in [7, 11) is 0. The maximum Gasteiger partial charge on any atom is 0.390 e. The fraction of sp³-hybridized carbons (Fsp3) is 0.300. The van der Waals surface area contributed by atoms with Crippen molar-refractivity contribution in [1.29, 1.82) is 0 Å². The zero-order chi connectivity index (χ0) is 13.1. The van der Waals surface area contributed by atoms with E-state index >= 15 is 0 Å². The van der Waals surface area contributed by atoms with Gasteiger partial charge in [0.05, 0.1) is 6.42 Å². The first-order valence-electron chi connectivity index (χ1n) is 4.63. The van der Waals surface area contributed by atoms with Crippen molar-refractivity contribution in [3.63, 3.8) is 0 Å². The second kappa shape index (κ2) is 5.39. The molecular formula is C10H9F4NOS. The molecule has 0 heterocycles. The van der Waals surface area contributed by atoms with Crippen molar-refractivity contribution in [2.24, 2.45) is 0 Å². The van der Waals surface area contributed by atoms with Crippen LogP contribution in [0.3, 0.4) is 0 Å². The fourth-order valence-corrected chi connectivity index (χ4v) is 1.29. The van der Waals surface area contributed by atoms with Gasteiger partial charge < -0.3 is 5.32 Å². The van der Waals surface area contributed by atoms with Crippen molar-refractivity contribution in [1.82, 2.24) is 5.32 Å². The molecule has 17 heavy (non-hydrogen) atoms. The number of amides is 1. The van der Waals surface area contributed by atoms with Crippen molar-refractivity contribution < 1.29 is 22.4 Å². The largest absolute Gasteiger partial charge is 0.390 e. The lowest BCUT2D eigenvalue weighted by Crippen LogP contribution is -2.27. The number of carbonyl (C=O) groups is 1. The van der Waals surface area contributed by atoms with Gasteiger partial charge in [-0.05, 0) is 18.2 Å². The van der Waals surface area contributed by atoms with Gasteiger partial charge in [0, 0.05) is 17.0 Å². The molecule has 0 radical (unpaired) electrons. The Balaban J connectivity index is 2.56. The quantitative estimate of drug-likeness (QED) is 0.640. The van der Waals surface area contributed by atoms with E-state index in [9.17, 15) is 22.4 Å². The molecule has 0 bridgehead atoms. The van der Waals surface area contributed by atoms with E-state index in [1.807, 2.05) is 0 Å². The van der Waals surface area contributed by atoms with E-state index < -0.39 is 30.9 Å². The van der Waals surface area contributed by atoms with Crippen LogP contribution in [0.15, 0.2) is 23.1 Å². The third-order valence-electron chi connectivity index (χ3n) is 1.90. The number of rotatable bonds is 3. The predicted molar refractivity (Wildman–Crippen MR) is 56.7 cm³/mol. The zero-order valence-electron chi connectivity index (χ0n) is 8.51. The van der Waals surface area contributed by atoms with E-state index in [1.165, 1.54) is 6.07 Å². The van der Waals surface area contributed by atoms with Gasteiger partial charge >= 0.3 is 6.18 Å². The Labute approximate surface area is 100 Å². The van der Waals surface area contributed by atoms with E-state index in [2.05, 4.69) is 17.9 Å². The lowest BCUT2D eigenvalue weighted by molar-refractivity contribution is -0.132. The highest BCUT2D eigenvalue weighted by atomic mass is 32.1. The van der Waals surface area contributed by atoms with E-state index in [0.717, 1.165) is 12.1 Å². The van der Waals surface area contributed by atoms with Crippen molar-refractivity contribution >= 4 is 18.5 Å².